The Labute approximate surface area is 109 Å². The van der Waals surface area contributed by atoms with Gasteiger partial charge in [-0.05, 0) is 43.9 Å². The number of hydrogen-bond donors (Lipinski definition) is 1. The molecule has 94 valence electrons. The van der Waals surface area contributed by atoms with Crippen molar-refractivity contribution < 1.29 is 9.64 Å². The molecule has 0 aromatic heterocycles. The van der Waals surface area contributed by atoms with E-state index in [9.17, 15) is 0 Å². The van der Waals surface area contributed by atoms with E-state index in [1.807, 2.05) is 18.2 Å². The van der Waals surface area contributed by atoms with E-state index in [0.29, 0.717) is 5.02 Å². The normalized spacial score (nSPS) is 17.1. The van der Waals surface area contributed by atoms with Crippen LogP contribution in [0.2, 0.25) is 5.02 Å². The van der Waals surface area contributed by atoms with Crippen LogP contribution in [0.15, 0.2) is 18.2 Å². The molecule has 0 radical (unpaired) electrons. The molecular formula is C14H21ClNO+. The summed E-state index contributed by atoms with van der Waals surface area (Å²) in [6.07, 6.45) is 4.12. The van der Waals surface area contributed by atoms with Crippen LogP contribution < -0.4 is 9.64 Å². The fourth-order valence-electron chi connectivity index (χ4n) is 2.33. The molecule has 2 nitrogen and oxygen atoms in total. The largest absolute Gasteiger partial charge is 0.486 e. The Balaban J connectivity index is 1.79. The second-order valence-electron chi connectivity index (χ2n) is 4.84. The van der Waals surface area contributed by atoms with Crippen molar-refractivity contribution in [1.29, 1.82) is 0 Å². The van der Waals surface area contributed by atoms with Crippen LogP contribution in [0, 0.1) is 6.92 Å². The highest BCUT2D eigenvalue weighted by Crippen LogP contribution is 2.24. The number of hydrogen-bond acceptors (Lipinski definition) is 1. The Morgan fingerprint density at radius 3 is 2.76 bits per heavy atom. The first kappa shape index (κ1) is 12.7. The molecule has 0 bridgehead atoms. The van der Waals surface area contributed by atoms with Gasteiger partial charge in [-0.15, -0.1) is 0 Å². The summed E-state index contributed by atoms with van der Waals surface area (Å²) in [6.45, 7) is 6.50. The van der Waals surface area contributed by atoms with Gasteiger partial charge in [0.15, 0.2) is 0 Å². The summed E-state index contributed by atoms with van der Waals surface area (Å²) in [4.78, 5) is 1.67. The van der Waals surface area contributed by atoms with E-state index in [1.54, 1.807) is 4.90 Å². The molecule has 1 aliphatic rings. The molecule has 1 saturated heterocycles. The van der Waals surface area contributed by atoms with Crippen molar-refractivity contribution in [3.8, 4) is 5.75 Å². The van der Waals surface area contributed by atoms with Gasteiger partial charge in [0.2, 0.25) is 0 Å². The molecule has 0 atom stereocenters. The van der Waals surface area contributed by atoms with E-state index in [-0.39, 0.29) is 0 Å². The summed E-state index contributed by atoms with van der Waals surface area (Å²) in [5.41, 5.74) is 1.19. The Bertz CT molecular complexity index is 361. The summed E-state index contributed by atoms with van der Waals surface area (Å²) in [5.74, 6) is 0.822. The molecule has 1 fully saturated rings. The lowest BCUT2D eigenvalue weighted by molar-refractivity contribution is -0.904. The van der Waals surface area contributed by atoms with Gasteiger partial charge in [0.05, 0.1) is 18.1 Å². The topological polar surface area (TPSA) is 13.7 Å². The van der Waals surface area contributed by atoms with Crippen LogP contribution in [0.25, 0.3) is 0 Å². The van der Waals surface area contributed by atoms with Crippen molar-refractivity contribution in [2.75, 3.05) is 26.2 Å². The summed E-state index contributed by atoms with van der Waals surface area (Å²) >= 11 is 6.09. The first-order chi connectivity index (χ1) is 8.25. The molecule has 2 rings (SSSR count). The van der Waals surface area contributed by atoms with Crippen molar-refractivity contribution in [2.24, 2.45) is 0 Å². The maximum Gasteiger partial charge on any atom is 0.138 e. The molecule has 17 heavy (non-hydrogen) atoms. The zero-order chi connectivity index (χ0) is 12.1. The molecule has 0 unspecified atom stereocenters. The molecule has 1 aliphatic heterocycles. The van der Waals surface area contributed by atoms with Crippen LogP contribution in [0.5, 0.6) is 5.75 Å². The van der Waals surface area contributed by atoms with Crippen LogP contribution in [0.1, 0.15) is 24.8 Å². The van der Waals surface area contributed by atoms with Gasteiger partial charge in [0.25, 0.3) is 0 Å². The molecule has 1 aromatic rings. The van der Waals surface area contributed by atoms with Crippen molar-refractivity contribution in [3.63, 3.8) is 0 Å². The second-order valence-corrected chi connectivity index (χ2v) is 5.25. The minimum Gasteiger partial charge on any atom is -0.486 e. The third-order valence-corrected chi connectivity index (χ3v) is 3.67. The highest BCUT2D eigenvalue weighted by molar-refractivity contribution is 6.32. The molecule has 1 N–H and O–H groups in total. The van der Waals surface area contributed by atoms with Crippen molar-refractivity contribution in [1.82, 2.24) is 0 Å². The van der Waals surface area contributed by atoms with Crippen LogP contribution in [-0.4, -0.2) is 26.2 Å². The number of halogens is 1. The van der Waals surface area contributed by atoms with Crippen molar-refractivity contribution >= 4 is 11.6 Å². The monoisotopic (exact) mass is 254 g/mol. The van der Waals surface area contributed by atoms with Gasteiger partial charge >= 0.3 is 0 Å². The second kappa shape index (κ2) is 6.27. The van der Waals surface area contributed by atoms with E-state index in [1.165, 1.54) is 37.9 Å². The number of piperidine rings is 1. The van der Waals surface area contributed by atoms with Gasteiger partial charge in [0.1, 0.15) is 18.9 Å². The SMILES string of the molecule is Cc1ccc(Cl)c(OCC[NH+]2CCCCC2)c1. The van der Waals surface area contributed by atoms with E-state index < -0.39 is 0 Å². The minimum atomic E-state index is 0.712. The minimum absolute atomic E-state index is 0.712. The molecule has 3 heteroatoms. The predicted molar refractivity (Wildman–Crippen MR) is 71.1 cm³/mol. The average molecular weight is 255 g/mol. The van der Waals surface area contributed by atoms with Crippen LogP contribution in [0.3, 0.4) is 0 Å². The Hall–Kier alpha value is -0.730. The number of nitrogens with one attached hydrogen (secondary N) is 1. The number of ether oxygens (including phenoxy) is 1. The predicted octanol–water partition coefficient (Wildman–Crippen LogP) is 2.10. The fourth-order valence-corrected chi connectivity index (χ4v) is 2.50. The number of aryl methyl sites for hydroxylation is 1. The average Bonchev–Trinajstić information content (AvgIpc) is 2.35. The third kappa shape index (κ3) is 3.90. The molecule has 1 heterocycles. The number of quaternary nitrogens is 1. The molecule has 0 saturated carbocycles. The molecule has 0 amide bonds. The lowest BCUT2D eigenvalue weighted by atomic mass is 10.1. The summed E-state index contributed by atoms with van der Waals surface area (Å²) < 4.78 is 5.77. The van der Waals surface area contributed by atoms with Gasteiger partial charge in [-0.1, -0.05) is 17.7 Å². The molecule has 1 aromatic carbocycles. The lowest BCUT2D eigenvalue weighted by Gasteiger charge is -2.23. The maximum atomic E-state index is 6.09. The van der Waals surface area contributed by atoms with Crippen molar-refractivity contribution in [2.45, 2.75) is 26.2 Å². The summed E-state index contributed by atoms with van der Waals surface area (Å²) in [6, 6.07) is 5.92. The number of benzene rings is 1. The molecule has 0 spiro atoms. The van der Waals surface area contributed by atoms with Gasteiger partial charge in [-0.25, -0.2) is 0 Å². The first-order valence-corrected chi connectivity index (χ1v) is 6.86. The first-order valence-electron chi connectivity index (χ1n) is 6.48. The van der Waals surface area contributed by atoms with Crippen LogP contribution in [0.4, 0.5) is 0 Å². The van der Waals surface area contributed by atoms with Gasteiger partial charge < -0.3 is 9.64 Å². The van der Waals surface area contributed by atoms with Gasteiger partial charge in [0, 0.05) is 0 Å². The van der Waals surface area contributed by atoms with Crippen molar-refractivity contribution in [3.05, 3.63) is 28.8 Å². The standard InChI is InChI=1S/C14H20ClNO/c1-12-5-6-13(15)14(11-12)17-10-9-16-7-3-2-4-8-16/h5-6,11H,2-4,7-10H2,1H3/p+1. The van der Waals surface area contributed by atoms with Gasteiger partial charge in [-0.2, -0.15) is 0 Å². The van der Waals surface area contributed by atoms with E-state index in [4.69, 9.17) is 16.3 Å². The zero-order valence-corrected chi connectivity index (χ0v) is 11.2. The Morgan fingerprint density at radius 2 is 2.00 bits per heavy atom. The smallest absolute Gasteiger partial charge is 0.138 e. The summed E-state index contributed by atoms with van der Waals surface area (Å²) in [7, 11) is 0. The Morgan fingerprint density at radius 1 is 1.24 bits per heavy atom. The highest BCUT2D eigenvalue weighted by Gasteiger charge is 2.13. The molecular weight excluding hydrogens is 234 g/mol. The number of rotatable bonds is 4. The fraction of sp³-hybridized carbons (Fsp3) is 0.571. The van der Waals surface area contributed by atoms with E-state index in [0.717, 1.165) is 18.9 Å². The maximum absolute atomic E-state index is 6.09. The Kier molecular flexibility index (Phi) is 4.69. The van der Waals surface area contributed by atoms with E-state index in [2.05, 4.69) is 6.92 Å². The van der Waals surface area contributed by atoms with Gasteiger partial charge in [-0.3, -0.25) is 0 Å². The van der Waals surface area contributed by atoms with Crippen LogP contribution >= 0.6 is 11.6 Å². The quantitative estimate of drug-likeness (QED) is 0.869. The summed E-state index contributed by atoms with van der Waals surface area (Å²) in [5, 5.41) is 0.712. The third-order valence-electron chi connectivity index (χ3n) is 3.36. The van der Waals surface area contributed by atoms with Crippen LogP contribution in [-0.2, 0) is 0 Å². The van der Waals surface area contributed by atoms with E-state index >= 15 is 0 Å². The molecule has 0 aliphatic carbocycles. The highest BCUT2D eigenvalue weighted by atomic mass is 35.5. The zero-order valence-electron chi connectivity index (χ0n) is 10.5. The number of likely N-dealkylation sites (tertiary alicyclic amines) is 1. The lowest BCUT2D eigenvalue weighted by Crippen LogP contribution is -3.13.